The first-order chi connectivity index (χ1) is 11.1. The van der Waals surface area contributed by atoms with Gasteiger partial charge in [-0.15, -0.1) is 0 Å². The average molecular weight is 311 g/mol. The zero-order chi connectivity index (χ0) is 16.9. The lowest BCUT2D eigenvalue weighted by atomic mass is 9.84. The summed E-state index contributed by atoms with van der Waals surface area (Å²) in [6.07, 6.45) is 17.0. The van der Waals surface area contributed by atoms with Crippen LogP contribution in [-0.4, -0.2) is 0 Å². The molecule has 1 aromatic carbocycles. The lowest BCUT2D eigenvalue weighted by Gasteiger charge is -2.22. The summed E-state index contributed by atoms with van der Waals surface area (Å²) in [6, 6.07) is 10.6. The van der Waals surface area contributed by atoms with Crippen molar-refractivity contribution in [1.29, 1.82) is 0 Å². The monoisotopic (exact) mass is 310 g/mol. The predicted molar refractivity (Wildman–Crippen MR) is 105 cm³/mol. The minimum absolute atomic E-state index is 0.583. The van der Waals surface area contributed by atoms with Crippen LogP contribution in [-0.2, 0) is 0 Å². The second-order valence-corrected chi connectivity index (χ2v) is 6.96. The molecule has 23 heavy (non-hydrogen) atoms. The van der Waals surface area contributed by atoms with E-state index >= 15 is 0 Å². The van der Waals surface area contributed by atoms with Gasteiger partial charge in [0.2, 0.25) is 0 Å². The van der Waals surface area contributed by atoms with Crippen molar-refractivity contribution in [2.24, 2.45) is 11.8 Å². The molecule has 0 heterocycles. The molecule has 0 saturated heterocycles. The molecule has 0 bridgehead atoms. The molecule has 1 aromatic rings. The molecule has 1 aliphatic rings. The molecular formula is C23H34. The van der Waals surface area contributed by atoms with E-state index in [1.165, 1.54) is 31.2 Å². The Kier molecular flexibility index (Phi) is 10.1. The molecule has 0 heteroatoms. The molecule has 1 atom stereocenters. The molecule has 1 saturated carbocycles. The summed E-state index contributed by atoms with van der Waals surface area (Å²) in [5.74, 6) is 2.62. The van der Waals surface area contributed by atoms with Gasteiger partial charge in [0.1, 0.15) is 0 Å². The minimum Gasteiger partial charge on any atom is -0.0991 e. The lowest BCUT2D eigenvalue weighted by Crippen LogP contribution is -2.08. The molecule has 0 spiro atoms. The van der Waals surface area contributed by atoms with E-state index in [4.69, 9.17) is 0 Å². The van der Waals surface area contributed by atoms with Crippen molar-refractivity contribution < 1.29 is 0 Å². The van der Waals surface area contributed by atoms with Gasteiger partial charge in [-0.2, -0.15) is 0 Å². The summed E-state index contributed by atoms with van der Waals surface area (Å²) in [7, 11) is 0. The first kappa shape index (κ1) is 19.5. The largest absolute Gasteiger partial charge is 0.0991 e. The fraction of sp³-hybridized carbons (Fsp3) is 0.478. The molecule has 1 fully saturated rings. The summed E-state index contributed by atoms with van der Waals surface area (Å²) in [5.41, 5.74) is 1.40. The Morgan fingerprint density at radius 2 is 1.52 bits per heavy atom. The molecule has 2 rings (SSSR count). The van der Waals surface area contributed by atoms with Crippen molar-refractivity contribution in [3.8, 4) is 0 Å². The molecule has 0 amide bonds. The fourth-order valence-electron chi connectivity index (χ4n) is 2.85. The van der Waals surface area contributed by atoms with Crippen LogP contribution in [0.15, 0.2) is 67.3 Å². The molecule has 126 valence electrons. The van der Waals surface area contributed by atoms with Gasteiger partial charge in [0, 0.05) is 0 Å². The number of hydrogen-bond donors (Lipinski definition) is 0. The van der Waals surface area contributed by atoms with E-state index in [-0.39, 0.29) is 0 Å². The van der Waals surface area contributed by atoms with Gasteiger partial charge in [-0.25, -0.2) is 0 Å². The third-order valence-electron chi connectivity index (χ3n) is 4.66. The molecule has 1 aliphatic carbocycles. The summed E-state index contributed by atoms with van der Waals surface area (Å²) in [5, 5.41) is 0. The number of rotatable bonds is 5. The molecule has 0 aliphatic heterocycles. The van der Waals surface area contributed by atoms with Crippen LogP contribution in [0.3, 0.4) is 0 Å². The standard InChI is InChI=1S/C15H18.C8H16/c1-3-4-5-6-8-11-14(2)15-12-9-7-10-13-15;1-7-3-5-8(2)6-4-7/h3-10,12-14H,1,11H2,2H3;7-8H,3-6H2,1-2H3/b5-4-,8-6-;. The molecule has 0 aromatic heterocycles. The number of allylic oxidation sites excluding steroid dienone is 5. The third-order valence-corrected chi connectivity index (χ3v) is 4.66. The van der Waals surface area contributed by atoms with Crippen molar-refractivity contribution in [2.75, 3.05) is 0 Å². The van der Waals surface area contributed by atoms with E-state index in [9.17, 15) is 0 Å². The van der Waals surface area contributed by atoms with Gasteiger partial charge in [-0.3, -0.25) is 0 Å². The van der Waals surface area contributed by atoms with Crippen LogP contribution in [0.5, 0.6) is 0 Å². The number of hydrogen-bond acceptors (Lipinski definition) is 0. The van der Waals surface area contributed by atoms with E-state index < -0.39 is 0 Å². The summed E-state index contributed by atoms with van der Waals surface area (Å²) in [6.45, 7) is 10.6. The average Bonchev–Trinajstić information content (AvgIpc) is 2.58. The summed E-state index contributed by atoms with van der Waals surface area (Å²) < 4.78 is 0. The Hall–Kier alpha value is -1.56. The van der Waals surface area contributed by atoms with Crippen molar-refractivity contribution >= 4 is 0 Å². The van der Waals surface area contributed by atoms with E-state index in [2.05, 4.69) is 69.8 Å². The predicted octanol–water partition coefficient (Wildman–Crippen LogP) is 7.31. The second-order valence-electron chi connectivity index (χ2n) is 6.96. The maximum atomic E-state index is 3.62. The quantitative estimate of drug-likeness (QED) is 0.500. The summed E-state index contributed by atoms with van der Waals surface area (Å²) >= 11 is 0. The van der Waals surface area contributed by atoms with Gasteiger partial charge in [-0.05, 0) is 29.7 Å². The first-order valence-electron chi connectivity index (χ1n) is 9.12. The lowest BCUT2D eigenvalue weighted by molar-refractivity contribution is 0.308. The molecule has 0 nitrogen and oxygen atoms in total. The van der Waals surface area contributed by atoms with Crippen LogP contribution in [0, 0.1) is 11.8 Å². The van der Waals surface area contributed by atoms with Crippen molar-refractivity contribution in [3.63, 3.8) is 0 Å². The van der Waals surface area contributed by atoms with Crippen LogP contribution in [0.1, 0.15) is 64.4 Å². The van der Waals surface area contributed by atoms with Crippen molar-refractivity contribution in [1.82, 2.24) is 0 Å². The van der Waals surface area contributed by atoms with E-state index in [0.717, 1.165) is 18.3 Å². The Bertz CT molecular complexity index is 448. The Morgan fingerprint density at radius 1 is 0.957 bits per heavy atom. The highest BCUT2D eigenvalue weighted by molar-refractivity contribution is 5.20. The van der Waals surface area contributed by atoms with Crippen molar-refractivity contribution in [2.45, 2.75) is 58.8 Å². The van der Waals surface area contributed by atoms with E-state index in [1.54, 1.807) is 6.08 Å². The van der Waals surface area contributed by atoms with Crippen LogP contribution >= 0.6 is 0 Å². The zero-order valence-corrected chi connectivity index (χ0v) is 15.2. The molecule has 1 unspecified atom stereocenters. The molecular weight excluding hydrogens is 276 g/mol. The maximum absolute atomic E-state index is 3.62. The van der Waals surface area contributed by atoms with E-state index in [1.807, 2.05) is 12.2 Å². The van der Waals surface area contributed by atoms with Crippen LogP contribution < -0.4 is 0 Å². The van der Waals surface area contributed by atoms with Crippen molar-refractivity contribution in [3.05, 3.63) is 72.9 Å². The molecule has 0 N–H and O–H groups in total. The van der Waals surface area contributed by atoms with E-state index in [0.29, 0.717) is 5.92 Å². The highest BCUT2D eigenvalue weighted by Gasteiger charge is 2.13. The smallest absolute Gasteiger partial charge is 0.0156 e. The third kappa shape index (κ3) is 9.23. The first-order valence-corrected chi connectivity index (χ1v) is 9.12. The SMILES string of the molecule is C=C/C=C\C=C/CC(C)c1ccccc1.CC1CCC(C)CC1. The van der Waals surface area contributed by atoms with Gasteiger partial charge >= 0.3 is 0 Å². The minimum atomic E-state index is 0.583. The number of benzene rings is 1. The topological polar surface area (TPSA) is 0 Å². The van der Waals surface area contributed by atoms with Gasteiger partial charge in [-0.1, -0.05) is 114 Å². The fourth-order valence-corrected chi connectivity index (χ4v) is 2.85. The Balaban J connectivity index is 0.000000277. The van der Waals surface area contributed by atoms with Crippen LogP contribution in [0.4, 0.5) is 0 Å². The highest BCUT2D eigenvalue weighted by Crippen LogP contribution is 2.27. The van der Waals surface area contributed by atoms with Gasteiger partial charge in [0.25, 0.3) is 0 Å². The highest BCUT2D eigenvalue weighted by atomic mass is 14.2. The van der Waals surface area contributed by atoms with Crippen LogP contribution in [0.25, 0.3) is 0 Å². The molecule has 0 radical (unpaired) electrons. The normalized spacial score (nSPS) is 22.6. The van der Waals surface area contributed by atoms with Gasteiger partial charge < -0.3 is 0 Å². The van der Waals surface area contributed by atoms with Crippen LogP contribution in [0.2, 0.25) is 0 Å². The summed E-state index contributed by atoms with van der Waals surface area (Å²) in [4.78, 5) is 0. The Labute approximate surface area is 144 Å². The second kappa shape index (κ2) is 11.9. The van der Waals surface area contributed by atoms with Gasteiger partial charge in [0.05, 0.1) is 0 Å². The Morgan fingerprint density at radius 3 is 2.04 bits per heavy atom. The van der Waals surface area contributed by atoms with Gasteiger partial charge in [0.15, 0.2) is 0 Å². The maximum Gasteiger partial charge on any atom is -0.0156 e. The zero-order valence-electron chi connectivity index (χ0n) is 15.2.